The van der Waals surface area contributed by atoms with Crippen LogP contribution in [0.15, 0.2) is 194 Å². The second kappa shape index (κ2) is 12.9. The van der Waals surface area contributed by atoms with E-state index >= 15 is 0 Å². The van der Waals surface area contributed by atoms with E-state index in [1.165, 1.54) is 16.3 Å². The predicted molar refractivity (Wildman–Crippen MR) is 219 cm³/mol. The molecular weight excluding hydrogens is 645 g/mol. The van der Waals surface area contributed by atoms with Gasteiger partial charge in [-0.1, -0.05) is 176 Å². The highest BCUT2D eigenvalue weighted by atomic mass is 15.0. The average molecular weight is 677 g/mol. The molecule has 0 N–H and O–H groups in total. The van der Waals surface area contributed by atoms with Crippen LogP contribution in [0, 0.1) is 0 Å². The van der Waals surface area contributed by atoms with Crippen molar-refractivity contribution < 1.29 is 0 Å². The maximum absolute atomic E-state index is 5.27. The van der Waals surface area contributed by atoms with Crippen molar-refractivity contribution in [2.75, 3.05) is 0 Å². The SMILES string of the molecule is c1ccc(-c2ccc(-c3nc(-c4ccccc4)nc(-c4cc(-n5c6ccccc6c6ccccc65)c(-c5ccccc5)c5ccccc45)n3)cc2)cc1. The molecular formula is C49H32N4. The fraction of sp³-hybridized carbons (Fsp3) is 0. The second-order valence-corrected chi connectivity index (χ2v) is 13.2. The molecule has 53 heavy (non-hydrogen) atoms. The monoisotopic (exact) mass is 676 g/mol. The van der Waals surface area contributed by atoms with Gasteiger partial charge in [0.15, 0.2) is 17.5 Å². The molecule has 0 fully saturated rings. The average Bonchev–Trinajstić information content (AvgIpc) is 3.58. The lowest BCUT2D eigenvalue weighted by atomic mass is 9.92. The Morgan fingerprint density at radius 3 is 1.28 bits per heavy atom. The van der Waals surface area contributed by atoms with Crippen LogP contribution in [0.1, 0.15) is 0 Å². The van der Waals surface area contributed by atoms with Gasteiger partial charge in [-0.2, -0.15) is 0 Å². The van der Waals surface area contributed by atoms with Crippen LogP contribution in [0.2, 0.25) is 0 Å². The van der Waals surface area contributed by atoms with Gasteiger partial charge in [0.1, 0.15) is 0 Å². The maximum atomic E-state index is 5.27. The van der Waals surface area contributed by atoms with E-state index in [1.807, 2.05) is 24.3 Å². The summed E-state index contributed by atoms with van der Waals surface area (Å²) in [5.41, 5.74) is 10.8. The van der Waals surface area contributed by atoms with Gasteiger partial charge in [-0.05, 0) is 45.7 Å². The van der Waals surface area contributed by atoms with Gasteiger partial charge in [-0.15, -0.1) is 0 Å². The van der Waals surface area contributed by atoms with Crippen LogP contribution in [-0.2, 0) is 0 Å². The van der Waals surface area contributed by atoms with Crippen molar-refractivity contribution in [1.82, 2.24) is 19.5 Å². The lowest BCUT2D eigenvalue weighted by Crippen LogP contribution is -2.03. The number of para-hydroxylation sites is 2. The van der Waals surface area contributed by atoms with Gasteiger partial charge >= 0.3 is 0 Å². The summed E-state index contributed by atoms with van der Waals surface area (Å²) in [5, 5.41) is 4.63. The second-order valence-electron chi connectivity index (χ2n) is 13.2. The summed E-state index contributed by atoms with van der Waals surface area (Å²) >= 11 is 0. The largest absolute Gasteiger partial charge is 0.309 e. The van der Waals surface area contributed by atoms with E-state index in [0.717, 1.165) is 60.9 Å². The molecule has 2 aromatic heterocycles. The molecule has 10 aromatic rings. The van der Waals surface area contributed by atoms with Crippen molar-refractivity contribution in [3.8, 4) is 62.1 Å². The summed E-state index contributed by atoms with van der Waals surface area (Å²) in [6.07, 6.45) is 0. The zero-order valence-electron chi connectivity index (χ0n) is 28.8. The van der Waals surface area contributed by atoms with Crippen LogP contribution in [0.3, 0.4) is 0 Å². The Morgan fingerprint density at radius 1 is 0.302 bits per heavy atom. The maximum Gasteiger partial charge on any atom is 0.164 e. The lowest BCUT2D eigenvalue weighted by Gasteiger charge is -2.20. The summed E-state index contributed by atoms with van der Waals surface area (Å²) in [6.45, 7) is 0. The third-order valence-corrected chi connectivity index (χ3v) is 10.1. The fourth-order valence-electron chi connectivity index (χ4n) is 7.60. The molecule has 4 heteroatoms. The molecule has 0 bridgehead atoms. The van der Waals surface area contributed by atoms with Crippen LogP contribution >= 0.6 is 0 Å². The first-order valence-corrected chi connectivity index (χ1v) is 17.9. The smallest absolute Gasteiger partial charge is 0.164 e. The van der Waals surface area contributed by atoms with E-state index in [1.54, 1.807) is 0 Å². The first-order chi connectivity index (χ1) is 26.3. The number of hydrogen-bond acceptors (Lipinski definition) is 3. The van der Waals surface area contributed by atoms with E-state index in [9.17, 15) is 0 Å². The van der Waals surface area contributed by atoms with Crippen molar-refractivity contribution in [2.24, 2.45) is 0 Å². The summed E-state index contributed by atoms with van der Waals surface area (Å²) in [4.78, 5) is 15.6. The minimum absolute atomic E-state index is 0.624. The quantitative estimate of drug-likeness (QED) is 0.176. The molecule has 0 atom stereocenters. The minimum Gasteiger partial charge on any atom is -0.309 e. The van der Waals surface area contributed by atoms with Crippen LogP contribution in [0.5, 0.6) is 0 Å². The molecule has 10 rings (SSSR count). The van der Waals surface area contributed by atoms with Crippen molar-refractivity contribution in [3.05, 3.63) is 194 Å². The fourth-order valence-corrected chi connectivity index (χ4v) is 7.60. The van der Waals surface area contributed by atoms with Crippen LogP contribution in [-0.4, -0.2) is 19.5 Å². The van der Waals surface area contributed by atoms with Crippen LogP contribution in [0.4, 0.5) is 0 Å². The van der Waals surface area contributed by atoms with Crippen molar-refractivity contribution in [1.29, 1.82) is 0 Å². The van der Waals surface area contributed by atoms with E-state index in [-0.39, 0.29) is 0 Å². The van der Waals surface area contributed by atoms with Gasteiger partial charge in [-0.25, -0.2) is 15.0 Å². The highest BCUT2D eigenvalue weighted by Gasteiger charge is 2.22. The minimum atomic E-state index is 0.624. The van der Waals surface area contributed by atoms with Crippen LogP contribution in [0.25, 0.3) is 94.7 Å². The molecule has 248 valence electrons. The van der Waals surface area contributed by atoms with Gasteiger partial charge in [0.25, 0.3) is 0 Å². The predicted octanol–water partition coefficient (Wildman–Crippen LogP) is 12.5. The molecule has 0 saturated heterocycles. The summed E-state index contributed by atoms with van der Waals surface area (Å²) in [5.74, 6) is 1.88. The number of rotatable bonds is 6. The van der Waals surface area contributed by atoms with E-state index < -0.39 is 0 Å². The zero-order chi connectivity index (χ0) is 35.1. The summed E-state index contributed by atoms with van der Waals surface area (Å²) in [7, 11) is 0. The Morgan fingerprint density at radius 2 is 0.698 bits per heavy atom. The van der Waals surface area contributed by atoms with Gasteiger partial charge in [0, 0.05) is 33.0 Å². The van der Waals surface area contributed by atoms with E-state index in [4.69, 9.17) is 15.0 Å². The molecule has 0 amide bonds. The number of hydrogen-bond donors (Lipinski definition) is 0. The Hall–Kier alpha value is -7.17. The normalized spacial score (nSPS) is 11.4. The Bertz CT molecular complexity index is 2860. The van der Waals surface area contributed by atoms with E-state index in [0.29, 0.717) is 17.5 Å². The molecule has 0 unspecified atom stereocenters. The van der Waals surface area contributed by atoms with Crippen LogP contribution < -0.4 is 0 Å². The summed E-state index contributed by atoms with van der Waals surface area (Å²) < 4.78 is 2.41. The van der Waals surface area contributed by atoms with Gasteiger partial charge in [-0.3, -0.25) is 0 Å². The lowest BCUT2D eigenvalue weighted by molar-refractivity contribution is 1.07. The van der Waals surface area contributed by atoms with E-state index in [2.05, 4.69) is 174 Å². The standard InChI is InChI=1S/C49H32N4/c1-4-16-33(17-5-1)34-28-30-37(31-29-34)48-50-47(36-20-8-3-9-21-36)51-49(52-48)42-32-45(46(35-18-6-2-7-19-35)41-25-11-10-22-38(41)42)53-43-26-14-12-23-39(43)40-24-13-15-27-44(40)53/h1-32H. The topological polar surface area (TPSA) is 43.6 Å². The molecule has 0 aliphatic carbocycles. The van der Waals surface area contributed by atoms with Gasteiger partial charge in [0.05, 0.1) is 16.7 Å². The molecule has 0 spiro atoms. The first-order valence-electron chi connectivity index (χ1n) is 17.9. The van der Waals surface area contributed by atoms with Crippen molar-refractivity contribution >= 4 is 32.6 Å². The van der Waals surface area contributed by atoms with Gasteiger partial charge < -0.3 is 4.57 Å². The third-order valence-electron chi connectivity index (χ3n) is 10.1. The number of aromatic nitrogens is 4. The van der Waals surface area contributed by atoms with Gasteiger partial charge in [0.2, 0.25) is 0 Å². The molecule has 0 radical (unpaired) electrons. The summed E-state index contributed by atoms with van der Waals surface area (Å²) in [6, 6.07) is 68.1. The molecule has 4 nitrogen and oxygen atoms in total. The zero-order valence-corrected chi connectivity index (χ0v) is 28.8. The molecule has 0 saturated carbocycles. The molecule has 0 aliphatic heterocycles. The number of benzene rings is 8. The first kappa shape index (κ1) is 30.6. The molecule has 2 heterocycles. The van der Waals surface area contributed by atoms with Crippen molar-refractivity contribution in [3.63, 3.8) is 0 Å². The third kappa shape index (κ3) is 5.36. The van der Waals surface area contributed by atoms with Crippen molar-refractivity contribution in [2.45, 2.75) is 0 Å². The Labute approximate surface area is 307 Å². The highest BCUT2D eigenvalue weighted by Crippen LogP contribution is 2.43. The highest BCUT2D eigenvalue weighted by molar-refractivity contribution is 6.13. The Kier molecular flexibility index (Phi) is 7.43. The molecule has 8 aromatic carbocycles. The molecule has 0 aliphatic rings. The number of fused-ring (bicyclic) bond motifs is 4. The number of nitrogens with zero attached hydrogens (tertiary/aromatic N) is 4. The Balaban J connectivity index is 1.27.